The van der Waals surface area contributed by atoms with Gasteiger partial charge in [-0.1, -0.05) is 19.9 Å². The van der Waals surface area contributed by atoms with E-state index in [1.54, 1.807) is 4.90 Å². The summed E-state index contributed by atoms with van der Waals surface area (Å²) < 4.78 is 39.7. The number of pyridine rings is 1. The number of thiophene rings is 1. The quantitative estimate of drug-likeness (QED) is 0.207. The van der Waals surface area contributed by atoms with Crippen molar-refractivity contribution in [3.05, 3.63) is 59.2 Å². The molecule has 2 aliphatic heterocycles. The van der Waals surface area contributed by atoms with Crippen molar-refractivity contribution in [2.75, 3.05) is 45.2 Å². The normalized spacial score (nSPS) is 15.1. The van der Waals surface area contributed by atoms with Crippen molar-refractivity contribution in [3.8, 4) is 0 Å². The number of halogens is 2. The van der Waals surface area contributed by atoms with Gasteiger partial charge < -0.3 is 35.0 Å². The number of likely N-dealkylation sites (tertiary alicyclic amines) is 1. The minimum absolute atomic E-state index is 0.110. The number of carbonyl (C=O) groups is 3. The molecule has 2 amide bonds. The molecule has 0 bridgehead atoms. The Morgan fingerprint density at radius 2 is 1.62 bits per heavy atom. The zero-order valence-corrected chi connectivity index (χ0v) is 29.7. The molecular formula is C33H48F2N5O6PS. The molecule has 2 aliphatic rings. The first-order valence-corrected chi connectivity index (χ1v) is 18.3. The molecule has 1 atom stereocenters. The second kappa shape index (κ2) is 19.6. The zero-order valence-electron chi connectivity index (χ0n) is 28.0. The van der Waals surface area contributed by atoms with Crippen LogP contribution in [0.4, 0.5) is 14.5 Å². The Kier molecular flexibility index (Phi) is 16.7. The van der Waals surface area contributed by atoms with E-state index in [1.807, 2.05) is 53.2 Å². The molecule has 2 saturated heterocycles. The fraction of sp³-hybridized carbons (Fsp3) is 0.515. The van der Waals surface area contributed by atoms with E-state index in [-0.39, 0.29) is 16.2 Å². The average Bonchev–Trinajstić information content (AvgIpc) is 3.86. The molecule has 48 heavy (non-hydrogen) atoms. The lowest BCUT2D eigenvalue weighted by atomic mass is 10.0. The van der Waals surface area contributed by atoms with E-state index < -0.39 is 30.8 Å². The minimum atomic E-state index is -5.69. The second-order valence-corrected chi connectivity index (χ2v) is 14.6. The molecule has 4 heterocycles. The first kappa shape index (κ1) is 40.9. The molecule has 2 aromatic heterocycles. The molecule has 0 saturated carbocycles. The molecular weight excluding hydrogens is 663 g/mol. The van der Waals surface area contributed by atoms with Gasteiger partial charge in [-0.15, -0.1) is 11.3 Å². The number of fused-ring (bicyclic) bond motifs is 1. The number of nitrogens with zero attached hydrogens (tertiary/aromatic N) is 3. The fourth-order valence-electron chi connectivity index (χ4n) is 5.17. The largest absolute Gasteiger partial charge is 0.399 e. The predicted molar refractivity (Wildman–Crippen MR) is 187 cm³/mol. The third-order valence-corrected chi connectivity index (χ3v) is 9.73. The zero-order chi connectivity index (χ0) is 35.9. The van der Waals surface area contributed by atoms with Gasteiger partial charge in [0.15, 0.2) is 0 Å². The molecule has 1 aromatic carbocycles. The number of carbonyl (C=O) groups excluding carboxylic acids is 3. The fourth-order valence-corrected chi connectivity index (χ4v) is 6.59. The Bertz CT molecular complexity index is 1480. The van der Waals surface area contributed by atoms with Crippen molar-refractivity contribution in [1.29, 1.82) is 0 Å². The Hall–Kier alpha value is -3.29. The highest BCUT2D eigenvalue weighted by atomic mass is 32.1. The smallest absolute Gasteiger partial charge is 0.370 e. The van der Waals surface area contributed by atoms with Gasteiger partial charge in [0.05, 0.1) is 16.8 Å². The summed E-state index contributed by atoms with van der Waals surface area (Å²) in [4.78, 5) is 60.2. The Labute approximate surface area is 285 Å². The molecule has 0 unspecified atom stereocenters. The third-order valence-electron chi connectivity index (χ3n) is 7.62. The van der Waals surface area contributed by atoms with Gasteiger partial charge in [0.25, 0.3) is 5.91 Å². The molecule has 0 spiro atoms. The number of hydrogen-bond acceptors (Lipinski definition) is 8. The van der Waals surface area contributed by atoms with Crippen LogP contribution in [-0.4, -0.2) is 84.6 Å². The highest BCUT2D eigenvalue weighted by molar-refractivity contribution is 7.52. The number of aromatic nitrogens is 1. The lowest BCUT2D eigenvalue weighted by molar-refractivity contribution is -0.132. The molecule has 15 heteroatoms. The van der Waals surface area contributed by atoms with Crippen LogP contribution in [0, 0.1) is 5.92 Å². The number of rotatable bonds is 9. The van der Waals surface area contributed by atoms with E-state index >= 15 is 0 Å². The van der Waals surface area contributed by atoms with E-state index in [1.165, 1.54) is 43.8 Å². The summed E-state index contributed by atoms with van der Waals surface area (Å²) in [6, 6.07) is 8.08. The maximum atomic E-state index is 14.0. The minimum Gasteiger partial charge on any atom is -0.370 e. The van der Waals surface area contributed by atoms with Gasteiger partial charge in [-0.05, 0) is 94.3 Å². The average molecular weight is 712 g/mol. The molecule has 4 N–H and O–H groups in total. The van der Waals surface area contributed by atoms with Crippen molar-refractivity contribution in [1.82, 2.24) is 20.5 Å². The van der Waals surface area contributed by atoms with Crippen LogP contribution in [0.15, 0.2) is 48.8 Å². The van der Waals surface area contributed by atoms with Crippen LogP contribution < -0.4 is 15.5 Å². The van der Waals surface area contributed by atoms with E-state index in [2.05, 4.69) is 26.6 Å². The molecule has 3 aromatic rings. The van der Waals surface area contributed by atoms with Crippen molar-refractivity contribution < 1.29 is 37.5 Å². The van der Waals surface area contributed by atoms with Crippen molar-refractivity contribution in [2.24, 2.45) is 5.92 Å². The lowest BCUT2D eigenvalue weighted by Gasteiger charge is -2.24. The van der Waals surface area contributed by atoms with Crippen LogP contribution in [0.5, 0.6) is 0 Å². The summed E-state index contributed by atoms with van der Waals surface area (Å²) in [5.41, 5.74) is -3.87. The summed E-state index contributed by atoms with van der Waals surface area (Å²) in [5, 5.41) is 5.83. The number of alkyl halides is 2. The van der Waals surface area contributed by atoms with E-state index in [0.29, 0.717) is 30.1 Å². The highest BCUT2D eigenvalue weighted by Gasteiger charge is 2.50. The summed E-state index contributed by atoms with van der Waals surface area (Å²) in [5.74, 6) is -0.226. The van der Waals surface area contributed by atoms with Gasteiger partial charge in [-0.2, -0.15) is 8.78 Å². The van der Waals surface area contributed by atoms with Gasteiger partial charge >= 0.3 is 13.3 Å². The summed E-state index contributed by atoms with van der Waals surface area (Å²) in [6.07, 6.45) is 9.55. The summed E-state index contributed by atoms with van der Waals surface area (Å²) >= 11 is 1.07. The number of anilines is 1. The molecule has 0 radical (unpaired) electrons. The third kappa shape index (κ3) is 11.7. The van der Waals surface area contributed by atoms with Gasteiger partial charge in [-0.25, -0.2) is 0 Å². The monoisotopic (exact) mass is 711 g/mol. The summed E-state index contributed by atoms with van der Waals surface area (Å²) in [6.45, 7) is 9.82. The van der Waals surface area contributed by atoms with Crippen LogP contribution in [0.3, 0.4) is 0 Å². The van der Waals surface area contributed by atoms with Crippen LogP contribution in [0.1, 0.15) is 67.6 Å². The molecule has 266 valence electrons. The van der Waals surface area contributed by atoms with Crippen molar-refractivity contribution in [3.63, 3.8) is 0 Å². The van der Waals surface area contributed by atoms with E-state index in [0.717, 1.165) is 42.7 Å². The van der Waals surface area contributed by atoms with Gasteiger partial charge in [-0.3, -0.25) is 19.1 Å². The predicted octanol–water partition coefficient (Wildman–Crippen LogP) is 5.62. The number of hydrogen-bond donors (Lipinski definition) is 4. The first-order valence-electron chi connectivity index (χ1n) is 15.9. The highest BCUT2D eigenvalue weighted by Crippen LogP contribution is 2.59. The lowest BCUT2D eigenvalue weighted by Crippen LogP contribution is -2.47. The van der Waals surface area contributed by atoms with E-state index in [4.69, 9.17) is 14.6 Å². The van der Waals surface area contributed by atoms with E-state index in [9.17, 15) is 22.9 Å². The number of amides is 2. The standard InChI is InChI=1S/C21H27F2N2O5PS.C9H12N2.C2H7N.CH2O/c1-13(2)5-7-16(20(27)25-9-3-4-10-25)24-19(26)18-12-14-11-15(6-8-17(14)32-18)21(22,23)31(28,29)30;1-2-7-11(6-1)9-4-3-5-10-8-9;1-3-2;1-2/h6,8,11-13,16H,3-5,7,9-10H2,1-2H3,(H,24,26)(H2,28,29,30);3-5,8H,1-2,6-7H2;3H,1-2H3;1H2/t16-;;;/m0.../s1. The van der Waals surface area contributed by atoms with Crippen molar-refractivity contribution >= 4 is 53.3 Å². The van der Waals surface area contributed by atoms with Gasteiger partial charge in [0.2, 0.25) is 5.91 Å². The van der Waals surface area contributed by atoms with Crippen LogP contribution in [0.2, 0.25) is 0 Å². The first-order chi connectivity index (χ1) is 22.8. The number of benzene rings is 1. The van der Waals surface area contributed by atoms with Crippen LogP contribution in [-0.2, 0) is 19.8 Å². The molecule has 11 nitrogen and oxygen atoms in total. The molecule has 2 fully saturated rings. The van der Waals surface area contributed by atoms with Crippen molar-refractivity contribution in [2.45, 2.75) is 64.1 Å². The Morgan fingerprint density at radius 1 is 1.02 bits per heavy atom. The van der Waals surface area contributed by atoms with Crippen LogP contribution in [0.25, 0.3) is 10.1 Å². The molecule has 0 aliphatic carbocycles. The second-order valence-electron chi connectivity index (χ2n) is 11.9. The van der Waals surface area contributed by atoms with Gasteiger partial charge in [0, 0.05) is 42.6 Å². The maximum Gasteiger partial charge on any atom is 0.399 e. The summed E-state index contributed by atoms with van der Waals surface area (Å²) in [7, 11) is -1.94. The molecule has 5 rings (SSSR count). The Morgan fingerprint density at radius 3 is 2.17 bits per heavy atom. The number of nitrogens with one attached hydrogen (secondary N) is 2. The van der Waals surface area contributed by atoms with Gasteiger partial charge in [0.1, 0.15) is 12.8 Å². The maximum absolute atomic E-state index is 14.0. The SMILES string of the molecule is C=O.CC(C)CC[C@H](NC(=O)c1cc2cc(C(F)(F)P(=O)(O)O)ccc2s1)C(=O)N1CCCC1.CNC.c1cncc(N2CCCC2)c1. The van der Waals surface area contributed by atoms with Crippen LogP contribution >= 0.6 is 18.9 Å². The Balaban J connectivity index is 0.000000411. The topological polar surface area (TPSA) is 152 Å².